The second-order valence-electron chi connectivity index (χ2n) is 2.17. The summed E-state index contributed by atoms with van der Waals surface area (Å²) in [5.74, 6) is -0.701. The zero-order valence-electron chi connectivity index (χ0n) is 6.75. The van der Waals surface area contributed by atoms with Crippen LogP contribution < -0.4 is 0 Å². The van der Waals surface area contributed by atoms with Crippen LogP contribution in [0.1, 0.15) is 5.69 Å². The Morgan fingerprint density at radius 3 is 3.15 bits per heavy atom. The minimum atomic E-state index is -0.701. The average Bonchev–Trinajstić information content (AvgIpc) is 2.17. The summed E-state index contributed by atoms with van der Waals surface area (Å²) in [5.41, 5.74) is 8.63. The fraction of sp³-hybridized carbons (Fsp3) is 0.125. The molecule has 0 saturated heterocycles. The number of pyridine rings is 1. The van der Waals surface area contributed by atoms with Gasteiger partial charge in [-0.3, -0.25) is 4.98 Å². The molecule has 0 bridgehead atoms. The first-order valence-corrected chi connectivity index (χ1v) is 3.57. The average molecular weight is 177 g/mol. The van der Waals surface area contributed by atoms with Crippen LogP contribution in [-0.4, -0.2) is 22.0 Å². The molecule has 0 saturated carbocycles. The van der Waals surface area contributed by atoms with Crippen molar-refractivity contribution in [1.82, 2.24) is 4.98 Å². The Labute approximate surface area is 74.6 Å². The van der Waals surface area contributed by atoms with Gasteiger partial charge in [0.05, 0.1) is 5.69 Å². The van der Waals surface area contributed by atoms with Crippen molar-refractivity contribution in [2.45, 2.75) is 6.61 Å². The normalized spacial score (nSPS) is 8.62. The van der Waals surface area contributed by atoms with Crippen LogP contribution >= 0.6 is 0 Å². The molecule has 13 heavy (non-hydrogen) atoms. The molecule has 0 aliphatic carbocycles. The third-order valence-electron chi connectivity index (χ3n) is 1.25. The molecule has 1 aromatic rings. The Hall–Kier alpha value is -2.00. The first kappa shape index (κ1) is 9.09. The molecule has 0 fully saturated rings. The summed E-state index contributed by atoms with van der Waals surface area (Å²) in [6.07, 6.45) is 2.28. The number of ether oxygens (including phenoxy) is 1. The predicted octanol–water partition coefficient (Wildman–Crippen LogP) is 0.425. The zero-order valence-corrected chi connectivity index (χ0v) is 6.75. The summed E-state index contributed by atoms with van der Waals surface area (Å²) < 4.78 is 4.66. The molecule has 1 heterocycles. The Morgan fingerprint density at radius 1 is 1.69 bits per heavy atom. The van der Waals surface area contributed by atoms with Crippen molar-refractivity contribution in [3.8, 4) is 0 Å². The molecule has 66 valence electrons. The Balaban J connectivity index is 2.44. The number of esters is 1. The fourth-order valence-electron chi connectivity index (χ4n) is 0.713. The van der Waals surface area contributed by atoms with E-state index in [2.05, 4.69) is 14.5 Å². The lowest BCUT2D eigenvalue weighted by molar-refractivity contribution is -0.140. The van der Waals surface area contributed by atoms with Crippen molar-refractivity contribution >= 4 is 12.2 Å². The first-order chi connectivity index (χ1) is 6.33. The molecule has 0 aliphatic heterocycles. The number of hydrogen-bond donors (Lipinski definition) is 0. The fourth-order valence-corrected chi connectivity index (χ4v) is 0.713. The van der Waals surface area contributed by atoms with Gasteiger partial charge in [-0.25, -0.2) is 4.79 Å². The van der Waals surface area contributed by atoms with E-state index in [1.807, 2.05) is 0 Å². The molecule has 5 heteroatoms. The lowest BCUT2D eigenvalue weighted by Gasteiger charge is -1.97. The molecular formula is C8H7N3O2. The maximum absolute atomic E-state index is 10.7. The largest absolute Gasteiger partial charge is 0.451 e. The Kier molecular flexibility index (Phi) is 3.35. The molecule has 0 aromatic carbocycles. The van der Waals surface area contributed by atoms with E-state index in [0.29, 0.717) is 11.9 Å². The van der Waals surface area contributed by atoms with E-state index in [9.17, 15) is 4.79 Å². The third-order valence-corrected chi connectivity index (χ3v) is 1.25. The van der Waals surface area contributed by atoms with Gasteiger partial charge in [0.25, 0.3) is 0 Å². The summed E-state index contributed by atoms with van der Waals surface area (Å²) in [5, 5.41) is 0. The SMILES string of the molecule is [N-]=[N+]=CC(=O)OCc1ccccn1. The number of carbonyl (C=O) groups excluding carboxylic acids is 1. The van der Waals surface area contributed by atoms with Crippen LogP contribution in [0.15, 0.2) is 24.4 Å². The summed E-state index contributed by atoms with van der Waals surface area (Å²) >= 11 is 0. The van der Waals surface area contributed by atoms with Crippen molar-refractivity contribution < 1.29 is 14.3 Å². The Morgan fingerprint density at radius 2 is 2.54 bits per heavy atom. The van der Waals surface area contributed by atoms with Crippen molar-refractivity contribution in [1.29, 1.82) is 0 Å². The second-order valence-corrected chi connectivity index (χ2v) is 2.17. The van der Waals surface area contributed by atoms with Crippen molar-refractivity contribution in [2.75, 3.05) is 0 Å². The molecular weight excluding hydrogens is 170 g/mol. The quantitative estimate of drug-likeness (QED) is 0.290. The maximum atomic E-state index is 10.7. The molecule has 0 N–H and O–H groups in total. The zero-order chi connectivity index (χ0) is 9.52. The number of hydrogen-bond acceptors (Lipinski definition) is 3. The van der Waals surface area contributed by atoms with Gasteiger partial charge in [-0.2, -0.15) is 4.79 Å². The molecule has 5 nitrogen and oxygen atoms in total. The standard InChI is InChI=1S/C8H7N3O2/c9-11-5-8(12)13-6-7-3-1-2-4-10-7/h1-5H,6H2. The minimum absolute atomic E-state index is 0.0751. The molecule has 0 atom stereocenters. The van der Waals surface area contributed by atoms with Gasteiger partial charge >= 0.3 is 12.2 Å². The molecule has 0 unspecified atom stereocenters. The van der Waals surface area contributed by atoms with Crippen molar-refractivity contribution in [3.63, 3.8) is 0 Å². The number of rotatable bonds is 3. The summed E-state index contributed by atoms with van der Waals surface area (Å²) in [4.78, 5) is 17.1. The summed E-state index contributed by atoms with van der Waals surface area (Å²) in [6.45, 7) is 0.0751. The van der Waals surface area contributed by atoms with Gasteiger partial charge in [0.2, 0.25) is 0 Å². The smallest absolute Gasteiger partial charge is 0.414 e. The van der Waals surface area contributed by atoms with E-state index in [-0.39, 0.29) is 6.61 Å². The van der Waals surface area contributed by atoms with E-state index < -0.39 is 5.97 Å². The summed E-state index contributed by atoms with van der Waals surface area (Å²) in [6, 6.07) is 5.28. The van der Waals surface area contributed by atoms with Crippen LogP contribution in [0.25, 0.3) is 5.53 Å². The summed E-state index contributed by atoms with van der Waals surface area (Å²) in [7, 11) is 0. The van der Waals surface area contributed by atoms with Gasteiger partial charge in [-0.1, -0.05) is 6.07 Å². The third kappa shape index (κ3) is 3.27. The second kappa shape index (κ2) is 4.79. The van der Waals surface area contributed by atoms with Gasteiger partial charge in [-0.15, -0.1) is 0 Å². The van der Waals surface area contributed by atoms with Crippen LogP contribution in [0, 0.1) is 0 Å². The Bertz CT molecular complexity index is 331. The van der Waals surface area contributed by atoms with Crippen LogP contribution in [0.4, 0.5) is 0 Å². The van der Waals surface area contributed by atoms with Crippen LogP contribution in [0.5, 0.6) is 0 Å². The molecule has 1 aromatic heterocycles. The number of carbonyl (C=O) groups is 1. The van der Waals surface area contributed by atoms with E-state index >= 15 is 0 Å². The highest BCUT2D eigenvalue weighted by Gasteiger charge is 2.03. The van der Waals surface area contributed by atoms with Crippen molar-refractivity contribution in [3.05, 3.63) is 35.6 Å². The van der Waals surface area contributed by atoms with Crippen LogP contribution in [0.2, 0.25) is 0 Å². The lowest BCUT2D eigenvalue weighted by atomic mass is 10.4. The van der Waals surface area contributed by atoms with E-state index in [4.69, 9.17) is 5.53 Å². The van der Waals surface area contributed by atoms with Crippen molar-refractivity contribution in [2.24, 2.45) is 0 Å². The number of aromatic nitrogens is 1. The maximum Gasteiger partial charge on any atom is 0.414 e. The van der Waals surface area contributed by atoms with Gasteiger partial charge in [0.15, 0.2) is 0 Å². The topological polar surface area (TPSA) is 75.6 Å². The monoisotopic (exact) mass is 177 g/mol. The molecule has 1 rings (SSSR count). The highest BCUT2D eigenvalue weighted by atomic mass is 16.5. The molecule has 0 amide bonds. The highest BCUT2D eigenvalue weighted by molar-refractivity contribution is 6.20. The van der Waals surface area contributed by atoms with E-state index in [1.54, 1.807) is 24.4 Å². The van der Waals surface area contributed by atoms with Gasteiger partial charge in [-0.05, 0) is 12.1 Å². The first-order valence-electron chi connectivity index (χ1n) is 3.57. The van der Waals surface area contributed by atoms with E-state index in [0.717, 1.165) is 0 Å². The molecule has 0 aliphatic rings. The van der Waals surface area contributed by atoms with E-state index in [1.165, 1.54) is 0 Å². The number of nitrogens with zero attached hydrogens (tertiary/aromatic N) is 3. The van der Waals surface area contributed by atoms with Crippen LogP contribution in [-0.2, 0) is 16.1 Å². The highest BCUT2D eigenvalue weighted by Crippen LogP contribution is 1.95. The molecule has 0 spiro atoms. The van der Waals surface area contributed by atoms with Crippen LogP contribution in [0.3, 0.4) is 0 Å². The van der Waals surface area contributed by atoms with Gasteiger partial charge in [0.1, 0.15) is 6.61 Å². The lowest BCUT2D eigenvalue weighted by Crippen LogP contribution is -2.06. The minimum Gasteiger partial charge on any atom is -0.451 e. The molecule has 0 radical (unpaired) electrons. The van der Waals surface area contributed by atoms with Gasteiger partial charge in [0, 0.05) is 6.20 Å². The van der Waals surface area contributed by atoms with Gasteiger partial charge < -0.3 is 10.3 Å². The predicted molar refractivity (Wildman–Crippen MR) is 43.7 cm³/mol.